The first kappa shape index (κ1) is 24.5. The second-order valence-corrected chi connectivity index (χ2v) is 8.71. The molecule has 7 nitrogen and oxygen atoms in total. The molecule has 1 unspecified atom stereocenters. The monoisotopic (exact) mass is 476 g/mol. The van der Waals surface area contributed by atoms with Gasteiger partial charge in [-0.2, -0.15) is 0 Å². The van der Waals surface area contributed by atoms with E-state index in [1.807, 2.05) is 30.5 Å². The molecule has 1 aliphatic rings. The lowest BCUT2D eigenvalue weighted by Gasteiger charge is -2.24. The number of amides is 1. The molecule has 2 heterocycles. The Kier molecular flexibility index (Phi) is 7.87. The number of carbonyl (C=O) groups is 2. The van der Waals surface area contributed by atoms with Crippen molar-refractivity contribution in [3.05, 3.63) is 71.4 Å². The van der Waals surface area contributed by atoms with Crippen LogP contribution in [0.4, 0.5) is 0 Å². The Morgan fingerprint density at radius 2 is 1.80 bits per heavy atom. The lowest BCUT2D eigenvalue weighted by atomic mass is 9.95. The van der Waals surface area contributed by atoms with Gasteiger partial charge in [-0.05, 0) is 43.2 Å². The van der Waals surface area contributed by atoms with Crippen molar-refractivity contribution in [1.82, 2.24) is 9.88 Å². The molecule has 35 heavy (non-hydrogen) atoms. The number of unbranched alkanes of at least 4 members (excludes halogenated alkanes) is 2. The third-order valence-corrected chi connectivity index (χ3v) is 6.35. The molecule has 0 saturated carbocycles. The number of ketones is 1. The van der Waals surface area contributed by atoms with Crippen LogP contribution in [0, 0.1) is 0 Å². The third-order valence-electron chi connectivity index (χ3n) is 6.35. The number of hydrogen-bond donors (Lipinski definition) is 2. The van der Waals surface area contributed by atoms with Crippen molar-refractivity contribution in [2.45, 2.75) is 38.6 Å². The number of aliphatic hydroxyl groups excluding tert-OH is 1. The highest BCUT2D eigenvalue weighted by atomic mass is 16.5. The number of rotatable bonds is 11. The molecule has 0 spiro atoms. The zero-order valence-electron chi connectivity index (χ0n) is 20.3. The van der Waals surface area contributed by atoms with E-state index in [4.69, 9.17) is 9.47 Å². The summed E-state index contributed by atoms with van der Waals surface area (Å²) >= 11 is 0. The van der Waals surface area contributed by atoms with Crippen LogP contribution in [-0.4, -0.2) is 53.5 Å². The molecule has 1 saturated heterocycles. The lowest BCUT2D eigenvalue weighted by molar-refractivity contribution is -0.140. The van der Waals surface area contributed by atoms with Crippen LogP contribution in [-0.2, 0) is 14.3 Å². The van der Waals surface area contributed by atoms with Crippen LogP contribution >= 0.6 is 0 Å². The molecule has 184 valence electrons. The number of benzene rings is 2. The maximum absolute atomic E-state index is 13.2. The van der Waals surface area contributed by atoms with Gasteiger partial charge in [-0.1, -0.05) is 38.0 Å². The lowest BCUT2D eigenvalue weighted by Crippen LogP contribution is -2.31. The average Bonchev–Trinajstić information content (AvgIpc) is 3.41. The number of aromatic amines is 1. The van der Waals surface area contributed by atoms with Crippen molar-refractivity contribution in [1.29, 1.82) is 0 Å². The number of likely N-dealkylation sites (tertiary alicyclic amines) is 1. The van der Waals surface area contributed by atoms with Gasteiger partial charge in [0, 0.05) is 48.5 Å². The predicted molar refractivity (Wildman–Crippen MR) is 135 cm³/mol. The number of fused-ring (bicyclic) bond motifs is 1. The Hall–Kier alpha value is -3.58. The van der Waals surface area contributed by atoms with Crippen LogP contribution in [0.1, 0.15) is 49.8 Å². The Morgan fingerprint density at radius 1 is 1.03 bits per heavy atom. The molecule has 1 aromatic heterocycles. The number of nitrogens with one attached hydrogen (secondary N) is 1. The van der Waals surface area contributed by atoms with Crippen molar-refractivity contribution < 1.29 is 24.2 Å². The van der Waals surface area contributed by atoms with Gasteiger partial charge in [0.15, 0.2) is 0 Å². The molecule has 4 rings (SSSR count). The molecule has 2 N–H and O–H groups in total. The summed E-state index contributed by atoms with van der Waals surface area (Å²) in [6.45, 7) is 3.57. The van der Waals surface area contributed by atoms with Gasteiger partial charge in [0.25, 0.3) is 11.7 Å². The van der Waals surface area contributed by atoms with E-state index in [9.17, 15) is 14.7 Å². The highest BCUT2D eigenvalue weighted by molar-refractivity contribution is 6.46. The molecule has 0 bridgehead atoms. The van der Waals surface area contributed by atoms with Gasteiger partial charge < -0.3 is 24.5 Å². The van der Waals surface area contributed by atoms with Crippen molar-refractivity contribution in [2.24, 2.45) is 0 Å². The summed E-state index contributed by atoms with van der Waals surface area (Å²) in [5, 5.41) is 12.2. The van der Waals surface area contributed by atoms with Gasteiger partial charge >= 0.3 is 0 Å². The summed E-state index contributed by atoms with van der Waals surface area (Å²) in [7, 11) is 1.60. The number of aromatic nitrogens is 1. The molecular weight excluding hydrogens is 444 g/mol. The van der Waals surface area contributed by atoms with E-state index in [0.29, 0.717) is 37.5 Å². The zero-order valence-corrected chi connectivity index (χ0v) is 20.3. The molecule has 1 amide bonds. The maximum atomic E-state index is 13.2. The number of H-pyrrole nitrogens is 1. The quantitative estimate of drug-likeness (QED) is 0.172. The molecule has 1 fully saturated rings. The standard InChI is InChI=1S/C28H32N2O5/c1-3-4-7-17-35-20-13-11-19(12-14-20)26(31)24-25(22-18-29-23-10-6-5-9-21(22)23)30(15-8-16-34-2)28(33)27(24)32/h5-6,9-14,18,25,29,31H,3-4,7-8,15-17H2,1-2H3/b26-24+. The molecular formula is C28H32N2O5. The highest BCUT2D eigenvalue weighted by Crippen LogP contribution is 2.42. The van der Waals surface area contributed by atoms with Gasteiger partial charge in [-0.3, -0.25) is 9.59 Å². The first-order valence-electron chi connectivity index (χ1n) is 12.1. The van der Waals surface area contributed by atoms with Crippen molar-refractivity contribution in [3.8, 4) is 5.75 Å². The van der Waals surface area contributed by atoms with Gasteiger partial charge in [-0.25, -0.2) is 0 Å². The van der Waals surface area contributed by atoms with Crippen LogP contribution in [0.15, 0.2) is 60.3 Å². The molecule has 0 aliphatic carbocycles. The minimum absolute atomic E-state index is 0.0915. The normalized spacial score (nSPS) is 17.4. The number of para-hydroxylation sites is 1. The van der Waals surface area contributed by atoms with E-state index in [1.54, 1.807) is 31.4 Å². The highest BCUT2D eigenvalue weighted by Gasteiger charge is 2.46. The maximum Gasteiger partial charge on any atom is 0.295 e. The number of aliphatic hydroxyl groups is 1. The number of methoxy groups -OCH3 is 1. The van der Waals surface area contributed by atoms with Gasteiger partial charge in [-0.15, -0.1) is 0 Å². The Bertz CT molecular complexity index is 1210. The average molecular weight is 477 g/mol. The van der Waals surface area contributed by atoms with E-state index < -0.39 is 17.7 Å². The van der Waals surface area contributed by atoms with E-state index in [0.717, 1.165) is 35.7 Å². The van der Waals surface area contributed by atoms with E-state index in [2.05, 4.69) is 11.9 Å². The largest absolute Gasteiger partial charge is 0.507 e. The van der Waals surface area contributed by atoms with E-state index in [-0.39, 0.29) is 11.3 Å². The van der Waals surface area contributed by atoms with Crippen LogP contribution in [0.2, 0.25) is 0 Å². The smallest absolute Gasteiger partial charge is 0.295 e. The molecule has 0 radical (unpaired) electrons. The number of hydrogen-bond acceptors (Lipinski definition) is 5. The Morgan fingerprint density at radius 3 is 2.54 bits per heavy atom. The fraction of sp³-hybridized carbons (Fsp3) is 0.357. The molecule has 7 heteroatoms. The zero-order chi connectivity index (χ0) is 24.8. The van der Waals surface area contributed by atoms with Gasteiger partial charge in [0.1, 0.15) is 11.5 Å². The third kappa shape index (κ3) is 5.10. The minimum atomic E-state index is -0.701. The summed E-state index contributed by atoms with van der Waals surface area (Å²) in [6, 6.07) is 14.0. The summed E-state index contributed by atoms with van der Waals surface area (Å²) in [6.07, 6.45) is 5.60. The summed E-state index contributed by atoms with van der Waals surface area (Å²) in [5.41, 5.74) is 2.23. The summed E-state index contributed by atoms with van der Waals surface area (Å²) in [4.78, 5) is 31.0. The minimum Gasteiger partial charge on any atom is -0.507 e. The molecule has 1 aliphatic heterocycles. The van der Waals surface area contributed by atoms with E-state index >= 15 is 0 Å². The number of Topliss-reactive ketones (excluding diaryl/α,β-unsaturated/α-hetero) is 1. The first-order valence-corrected chi connectivity index (χ1v) is 12.1. The first-order chi connectivity index (χ1) is 17.1. The number of nitrogens with zero attached hydrogens (tertiary/aromatic N) is 1. The second kappa shape index (κ2) is 11.2. The number of ether oxygens (including phenoxy) is 2. The second-order valence-electron chi connectivity index (χ2n) is 8.71. The predicted octanol–water partition coefficient (Wildman–Crippen LogP) is 5.20. The fourth-order valence-electron chi connectivity index (χ4n) is 4.54. The van der Waals surface area contributed by atoms with Crippen LogP contribution < -0.4 is 4.74 Å². The Labute approximate surface area is 205 Å². The van der Waals surface area contributed by atoms with Crippen molar-refractivity contribution >= 4 is 28.4 Å². The molecule has 3 aromatic rings. The van der Waals surface area contributed by atoms with Crippen LogP contribution in [0.3, 0.4) is 0 Å². The summed E-state index contributed by atoms with van der Waals surface area (Å²) < 4.78 is 10.9. The number of carbonyl (C=O) groups excluding carboxylic acids is 2. The van der Waals surface area contributed by atoms with E-state index in [1.165, 1.54) is 4.90 Å². The molecule has 1 atom stereocenters. The summed E-state index contributed by atoms with van der Waals surface area (Å²) in [5.74, 6) is -0.792. The topological polar surface area (TPSA) is 91.9 Å². The van der Waals surface area contributed by atoms with Crippen LogP contribution in [0.5, 0.6) is 5.75 Å². The van der Waals surface area contributed by atoms with Crippen LogP contribution in [0.25, 0.3) is 16.7 Å². The van der Waals surface area contributed by atoms with Gasteiger partial charge in [0.2, 0.25) is 0 Å². The fourth-order valence-corrected chi connectivity index (χ4v) is 4.54. The van der Waals surface area contributed by atoms with Crippen molar-refractivity contribution in [3.63, 3.8) is 0 Å². The Balaban J connectivity index is 1.71. The molecule has 2 aromatic carbocycles. The van der Waals surface area contributed by atoms with Gasteiger partial charge in [0.05, 0.1) is 18.2 Å². The SMILES string of the molecule is CCCCCOc1ccc(/C(O)=C2\C(=O)C(=O)N(CCCOC)C2c2c[nH]c3ccccc23)cc1. The van der Waals surface area contributed by atoms with Crippen molar-refractivity contribution in [2.75, 3.05) is 26.9 Å².